The van der Waals surface area contributed by atoms with E-state index < -0.39 is 0 Å². The largest absolute Gasteiger partial charge is 0.396 e. The molecule has 0 bridgehead atoms. The first kappa shape index (κ1) is 15.3. The molecule has 6 heteroatoms. The molecule has 0 saturated carbocycles. The topological polar surface area (TPSA) is 80.0 Å². The van der Waals surface area contributed by atoms with Gasteiger partial charge in [-0.1, -0.05) is 17.7 Å². The third kappa shape index (κ3) is 4.46. The molecule has 110 valence electrons. The number of carbonyl (C=O) groups is 1. The normalized spacial score (nSPS) is 10.2. The van der Waals surface area contributed by atoms with Gasteiger partial charge in [0.2, 0.25) is 0 Å². The van der Waals surface area contributed by atoms with Gasteiger partial charge in [0.1, 0.15) is 5.82 Å². The third-order valence-electron chi connectivity index (χ3n) is 2.90. The van der Waals surface area contributed by atoms with Gasteiger partial charge in [-0.2, -0.15) is 0 Å². The van der Waals surface area contributed by atoms with Crippen LogP contribution in [0.2, 0.25) is 0 Å². The summed E-state index contributed by atoms with van der Waals surface area (Å²) in [5, 5.41) is 5.92. The number of carbonyl (C=O) groups excluding carboxylic acids is 1. The fourth-order valence-electron chi connectivity index (χ4n) is 1.77. The Balaban J connectivity index is 1.79. The Morgan fingerprint density at radius 3 is 2.67 bits per heavy atom. The second-order valence-electron chi connectivity index (χ2n) is 4.64. The first-order valence-corrected chi connectivity index (χ1v) is 7.35. The molecule has 0 aliphatic heterocycles. The number of rotatable bonds is 5. The van der Waals surface area contributed by atoms with Crippen molar-refractivity contribution < 1.29 is 4.79 Å². The van der Waals surface area contributed by atoms with Crippen molar-refractivity contribution in [2.45, 2.75) is 6.92 Å². The second-order valence-corrected chi connectivity index (χ2v) is 5.56. The van der Waals surface area contributed by atoms with Crippen LogP contribution in [0, 0.1) is 6.92 Å². The van der Waals surface area contributed by atoms with E-state index in [1.54, 1.807) is 12.3 Å². The van der Waals surface area contributed by atoms with Gasteiger partial charge in [0.05, 0.1) is 5.69 Å². The first-order valence-electron chi connectivity index (χ1n) is 6.56. The molecule has 0 aliphatic carbocycles. The van der Waals surface area contributed by atoms with Crippen molar-refractivity contribution in [1.29, 1.82) is 0 Å². The first-order chi connectivity index (χ1) is 10.1. The van der Waals surface area contributed by atoms with E-state index in [2.05, 4.69) is 31.5 Å². The SMILES string of the molecule is Cc1ccc(C(=O)NCCNc2ncc(Br)cc2N)cc1. The smallest absolute Gasteiger partial charge is 0.251 e. The molecule has 0 saturated heterocycles. The van der Waals surface area contributed by atoms with E-state index in [1.165, 1.54) is 0 Å². The maximum absolute atomic E-state index is 11.9. The molecular weight excluding hydrogens is 332 g/mol. The highest BCUT2D eigenvalue weighted by atomic mass is 79.9. The van der Waals surface area contributed by atoms with Crippen molar-refractivity contribution in [2.24, 2.45) is 0 Å². The highest BCUT2D eigenvalue weighted by Crippen LogP contribution is 2.19. The molecule has 21 heavy (non-hydrogen) atoms. The summed E-state index contributed by atoms with van der Waals surface area (Å²) in [4.78, 5) is 16.1. The van der Waals surface area contributed by atoms with E-state index in [-0.39, 0.29) is 5.91 Å². The van der Waals surface area contributed by atoms with Gasteiger partial charge in [0.25, 0.3) is 5.91 Å². The highest BCUT2D eigenvalue weighted by Gasteiger charge is 2.04. The monoisotopic (exact) mass is 348 g/mol. The lowest BCUT2D eigenvalue weighted by Crippen LogP contribution is -2.29. The Kier molecular flexibility index (Phi) is 5.16. The van der Waals surface area contributed by atoms with E-state index in [4.69, 9.17) is 5.73 Å². The van der Waals surface area contributed by atoms with Gasteiger partial charge in [-0.25, -0.2) is 4.98 Å². The lowest BCUT2D eigenvalue weighted by Gasteiger charge is -2.09. The standard InChI is InChI=1S/C15H17BrN4O/c1-10-2-4-11(5-3-10)15(21)19-7-6-18-14-13(17)8-12(16)9-20-14/h2-5,8-9H,6-7,17H2,1H3,(H,18,20)(H,19,21). The van der Waals surface area contributed by atoms with E-state index in [1.807, 2.05) is 31.2 Å². The van der Waals surface area contributed by atoms with Crippen LogP contribution in [0.3, 0.4) is 0 Å². The maximum atomic E-state index is 11.9. The summed E-state index contributed by atoms with van der Waals surface area (Å²) in [6.07, 6.45) is 1.67. The number of anilines is 2. The fraction of sp³-hybridized carbons (Fsp3) is 0.200. The molecule has 1 amide bonds. The Bertz CT molecular complexity index is 628. The van der Waals surface area contributed by atoms with Gasteiger partial charge >= 0.3 is 0 Å². The number of aryl methyl sites for hydroxylation is 1. The zero-order valence-electron chi connectivity index (χ0n) is 11.7. The van der Waals surface area contributed by atoms with Crippen LogP contribution in [0.25, 0.3) is 0 Å². The molecule has 0 radical (unpaired) electrons. The number of nitrogen functional groups attached to an aromatic ring is 1. The van der Waals surface area contributed by atoms with Crippen LogP contribution < -0.4 is 16.4 Å². The minimum atomic E-state index is -0.0893. The molecule has 1 heterocycles. The Morgan fingerprint density at radius 1 is 1.29 bits per heavy atom. The van der Waals surface area contributed by atoms with Crippen LogP contribution in [0.5, 0.6) is 0 Å². The number of halogens is 1. The molecule has 0 fully saturated rings. The molecule has 0 unspecified atom stereocenters. The zero-order chi connectivity index (χ0) is 15.2. The summed E-state index contributed by atoms with van der Waals surface area (Å²) in [5.74, 6) is 0.524. The summed E-state index contributed by atoms with van der Waals surface area (Å²) in [6, 6.07) is 9.23. The van der Waals surface area contributed by atoms with E-state index >= 15 is 0 Å². The van der Waals surface area contributed by atoms with Gasteiger partial charge in [-0.15, -0.1) is 0 Å². The number of hydrogen-bond donors (Lipinski definition) is 3. The van der Waals surface area contributed by atoms with Gasteiger partial charge in [-0.3, -0.25) is 4.79 Å². The zero-order valence-corrected chi connectivity index (χ0v) is 13.3. The molecule has 0 atom stereocenters. The van der Waals surface area contributed by atoms with E-state index in [0.29, 0.717) is 30.2 Å². The quantitative estimate of drug-likeness (QED) is 0.725. The molecule has 2 rings (SSSR count). The summed E-state index contributed by atoms with van der Waals surface area (Å²) in [6.45, 7) is 3.03. The highest BCUT2D eigenvalue weighted by molar-refractivity contribution is 9.10. The van der Waals surface area contributed by atoms with Gasteiger partial charge in [0.15, 0.2) is 0 Å². The van der Waals surface area contributed by atoms with Gasteiger partial charge in [-0.05, 0) is 41.1 Å². The number of nitrogens with one attached hydrogen (secondary N) is 2. The maximum Gasteiger partial charge on any atom is 0.251 e. The summed E-state index contributed by atoms with van der Waals surface area (Å²) >= 11 is 3.30. The minimum Gasteiger partial charge on any atom is -0.396 e. The van der Waals surface area contributed by atoms with Crippen molar-refractivity contribution in [1.82, 2.24) is 10.3 Å². The van der Waals surface area contributed by atoms with Crippen LogP contribution >= 0.6 is 15.9 Å². The van der Waals surface area contributed by atoms with Crippen molar-refractivity contribution >= 4 is 33.3 Å². The van der Waals surface area contributed by atoms with Crippen molar-refractivity contribution in [3.8, 4) is 0 Å². The average molecular weight is 349 g/mol. The summed E-state index contributed by atoms with van der Waals surface area (Å²) in [5.41, 5.74) is 8.17. The van der Waals surface area contributed by atoms with E-state index in [0.717, 1.165) is 10.0 Å². The molecular formula is C15H17BrN4O. The molecule has 0 aliphatic rings. The van der Waals surface area contributed by atoms with Crippen LogP contribution in [0.4, 0.5) is 11.5 Å². The third-order valence-corrected chi connectivity index (χ3v) is 3.33. The number of nitrogens with zero attached hydrogens (tertiary/aromatic N) is 1. The number of benzene rings is 1. The number of pyridine rings is 1. The van der Waals surface area contributed by atoms with Gasteiger partial charge in [0, 0.05) is 29.3 Å². The Hall–Kier alpha value is -2.08. The predicted molar refractivity (Wildman–Crippen MR) is 88.4 cm³/mol. The molecule has 1 aromatic heterocycles. The van der Waals surface area contributed by atoms with Gasteiger partial charge < -0.3 is 16.4 Å². The second kappa shape index (κ2) is 7.08. The van der Waals surface area contributed by atoms with Crippen LogP contribution in [-0.4, -0.2) is 24.0 Å². The molecule has 5 nitrogen and oxygen atoms in total. The number of nitrogens with two attached hydrogens (primary N) is 1. The number of amides is 1. The summed E-state index contributed by atoms with van der Waals surface area (Å²) in [7, 11) is 0. The number of aromatic nitrogens is 1. The number of hydrogen-bond acceptors (Lipinski definition) is 4. The minimum absolute atomic E-state index is 0.0893. The Labute approximate surface area is 132 Å². The van der Waals surface area contributed by atoms with Crippen molar-refractivity contribution in [3.05, 3.63) is 52.1 Å². The molecule has 2 aromatic rings. The van der Waals surface area contributed by atoms with Crippen molar-refractivity contribution in [3.63, 3.8) is 0 Å². The van der Waals surface area contributed by atoms with Crippen LogP contribution in [0.1, 0.15) is 15.9 Å². The van der Waals surface area contributed by atoms with E-state index in [9.17, 15) is 4.79 Å². The van der Waals surface area contributed by atoms with Crippen LogP contribution in [-0.2, 0) is 0 Å². The molecule has 4 N–H and O–H groups in total. The molecule has 1 aromatic carbocycles. The van der Waals surface area contributed by atoms with Crippen molar-refractivity contribution in [2.75, 3.05) is 24.1 Å². The Morgan fingerprint density at radius 2 is 2.00 bits per heavy atom. The van der Waals surface area contributed by atoms with Crippen LogP contribution in [0.15, 0.2) is 41.0 Å². The lowest BCUT2D eigenvalue weighted by molar-refractivity contribution is 0.0955. The fourth-order valence-corrected chi connectivity index (χ4v) is 2.12. The predicted octanol–water partition coefficient (Wildman–Crippen LogP) is 2.58. The lowest BCUT2D eigenvalue weighted by atomic mass is 10.1. The molecule has 0 spiro atoms. The summed E-state index contributed by atoms with van der Waals surface area (Å²) < 4.78 is 0.832. The average Bonchev–Trinajstić information content (AvgIpc) is 2.46.